The monoisotopic (exact) mass is 452 g/mol. The van der Waals surface area contributed by atoms with Crippen LogP contribution < -0.4 is 0 Å². The molecule has 0 spiro atoms. The fourth-order valence-corrected chi connectivity index (χ4v) is 7.85. The fraction of sp³-hybridized carbons (Fsp3) is 0.400. The van der Waals surface area contributed by atoms with Gasteiger partial charge in [-0.1, -0.05) is 37.8 Å². The summed E-state index contributed by atoms with van der Waals surface area (Å²) in [4.78, 5) is 22.6. The van der Waals surface area contributed by atoms with Crippen molar-refractivity contribution >= 4 is 11.9 Å². The Hall–Kier alpha value is -3.50. The normalized spacial score (nSPS) is 30.6. The summed E-state index contributed by atoms with van der Waals surface area (Å²) in [5.41, 5.74) is 3.61. The van der Waals surface area contributed by atoms with Gasteiger partial charge in [0.2, 0.25) is 0 Å². The molecule has 0 aliphatic heterocycles. The third-order valence-electron chi connectivity index (χ3n) is 8.09. The molecule has 34 heavy (non-hydrogen) atoms. The molecule has 0 radical (unpaired) electrons. The van der Waals surface area contributed by atoms with Crippen molar-refractivity contribution in [1.82, 2.24) is 0 Å². The van der Waals surface area contributed by atoms with Gasteiger partial charge in [0.25, 0.3) is 0 Å². The maximum absolute atomic E-state index is 11.4. The van der Waals surface area contributed by atoms with Gasteiger partial charge in [0.15, 0.2) is 0 Å². The van der Waals surface area contributed by atoms with Crippen LogP contribution in [0.25, 0.3) is 0 Å². The lowest BCUT2D eigenvalue weighted by molar-refractivity contribution is -0.110. The standard InChI is InChI=1S/C30H28O4/c1-28-14-21-15-29(2,17-28)19-30(16-21,18-28)24-10-7-20(8-11-24)5-3-4-6-22-13-23(26(31)32)9-12-25(22)27(33)34/h7-13,21H,14-19H2,1-2H3,(H,31,32)(H,33,34). The summed E-state index contributed by atoms with van der Waals surface area (Å²) >= 11 is 0. The highest BCUT2D eigenvalue weighted by Crippen LogP contribution is 2.69. The maximum atomic E-state index is 11.4. The van der Waals surface area contributed by atoms with Gasteiger partial charge < -0.3 is 10.2 Å². The van der Waals surface area contributed by atoms with E-state index in [0.717, 1.165) is 11.5 Å². The molecule has 0 amide bonds. The fourth-order valence-electron chi connectivity index (χ4n) is 7.85. The smallest absolute Gasteiger partial charge is 0.336 e. The van der Waals surface area contributed by atoms with E-state index >= 15 is 0 Å². The van der Waals surface area contributed by atoms with Crippen molar-refractivity contribution in [3.05, 3.63) is 70.3 Å². The van der Waals surface area contributed by atoms with Crippen LogP contribution in [-0.4, -0.2) is 22.2 Å². The van der Waals surface area contributed by atoms with Crippen LogP contribution in [0, 0.1) is 40.4 Å². The van der Waals surface area contributed by atoms with Crippen LogP contribution in [0.15, 0.2) is 42.5 Å². The molecule has 172 valence electrons. The minimum Gasteiger partial charge on any atom is -0.478 e. The zero-order valence-electron chi connectivity index (χ0n) is 19.6. The summed E-state index contributed by atoms with van der Waals surface area (Å²) in [6, 6.07) is 12.4. The van der Waals surface area contributed by atoms with E-state index in [0.29, 0.717) is 10.8 Å². The maximum Gasteiger partial charge on any atom is 0.336 e. The average Bonchev–Trinajstić information content (AvgIpc) is 2.74. The number of hydrogen-bond donors (Lipinski definition) is 2. The van der Waals surface area contributed by atoms with Crippen LogP contribution in [0.3, 0.4) is 0 Å². The van der Waals surface area contributed by atoms with Crippen molar-refractivity contribution in [2.75, 3.05) is 0 Å². The molecular weight excluding hydrogens is 424 g/mol. The van der Waals surface area contributed by atoms with Gasteiger partial charge in [0, 0.05) is 11.1 Å². The van der Waals surface area contributed by atoms with Crippen molar-refractivity contribution < 1.29 is 19.8 Å². The van der Waals surface area contributed by atoms with E-state index in [4.69, 9.17) is 5.11 Å². The largest absolute Gasteiger partial charge is 0.478 e. The first-order valence-electron chi connectivity index (χ1n) is 11.8. The highest BCUT2D eigenvalue weighted by Gasteiger charge is 2.60. The highest BCUT2D eigenvalue weighted by molar-refractivity contribution is 5.94. The van der Waals surface area contributed by atoms with E-state index < -0.39 is 11.9 Å². The second kappa shape index (κ2) is 7.78. The van der Waals surface area contributed by atoms with Gasteiger partial charge in [-0.2, -0.15) is 0 Å². The lowest BCUT2D eigenvalue weighted by Crippen LogP contribution is -2.56. The molecule has 0 saturated heterocycles. The van der Waals surface area contributed by atoms with Crippen LogP contribution in [0.4, 0.5) is 0 Å². The molecule has 4 saturated carbocycles. The Balaban J connectivity index is 1.37. The van der Waals surface area contributed by atoms with E-state index in [1.807, 2.05) is 0 Å². The highest BCUT2D eigenvalue weighted by atomic mass is 16.4. The number of rotatable bonds is 3. The zero-order chi connectivity index (χ0) is 24.1. The molecule has 0 aromatic heterocycles. The Bertz CT molecular complexity index is 1290. The molecule has 6 rings (SSSR count). The first-order valence-corrected chi connectivity index (χ1v) is 11.8. The summed E-state index contributed by atoms with van der Waals surface area (Å²) in [6.07, 6.45) is 7.99. The minimum absolute atomic E-state index is 0.00903. The average molecular weight is 453 g/mol. The second-order valence-electron chi connectivity index (χ2n) is 11.4. The first kappa shape index (κ1) is 22.3. The van der Waals surface area contributed by atoms with Crippen molar-refractivity contribution in [1.29, 1.82) is 0 Å². The number of carboxylic acid groups (broad SMARTS) is 2. The van der Waals surface area contributed by atoms with E-state index in [1.54, 1.807) is 0 Å². The predicted molar refractivity (Wildman–Crippen MR) is 130 cm³/mol. The Morgan fingerprint density at radius 2 is 1.47 bits per heavy atom. The SMILES string of the molecule is CC12CC3CC(C)(C1)CC(c1ccc(C#CC#Cc4cc(C(=O)O)ccc4C(=O)O)cc1)(C3)C2. The van der Waals surface area contributed by atoms with E-state index in [1.165, 1.54) is 62.3 Å². The third kappa shape index (κ3) is 3.99. The van der Waals surface area contributed by atoms with Gasteiger partial charge in [0.05, 0.1) is 11.1 Å². The van der Waals surface area contributed by atoms with E-state index in [9.17, 15) is 14.7 Å². The second-order valence-corrected chi connectivity index (χ2v) is 11.4. The third-order valence-corrected chi connectivity index (χ3v) is 8.09. The van der Waals surface area contributed by atoms with Crippen molar-refractivity contribution in [3.8, 4) is 23.7 Å². The molecule has 4 nitrogen and oxygen atoms in total. The van der Waals surface area contributed by atoms with E-state index in [-0.39, 0.29) is 22.1 Å². The number of carboxylic acids is 2. The quantitative estimate of drug-likeness (QED) is 0.583. The topological polar surface area (TPSA) is 74.6 Å². The first-order chi connectivity index (χ1) is 16.1. The van der Waals surface area contributed by atoms with Gasteiger partial charge in [-0.05, 0) is 108 Å². The van der Waals surface area contributed by atoms with Gasteiger partial charge in [-0.25, -0.2) is 9.59 Å². The van der Waals surface area contributed by atoms with Crippen LogP contribution in [0.1, 0.15) is 89.8 Å². The van der Waals surface area contributed by atoms with Gasteiger partial charge in [-0.3, -0.25) is 0 Å². The number of carbonyl (C=O) groups is 2. The Kier molecular flexibility index (Phi) is 5.10. The van der Waals surface area contributed by atoms with Crippen molar-refractivity contribution in [3.63, 3.8) is 0 Å². The molecule has 2 aromatic carbocycles. The number of hydrogen-bond acceptors (Lipinski definition) is 2. The molecule has 4 heteroatoms. The molecular formula is C30H28O4. The lowest BCUT2D eigenvalue weighted by atomic mass is 9.39. The molecule has 4 fully saturated rings. The minimum atomic E-state index is -1.16. The Morgan fingerprint density at radius 1 is 0.824 bits per heavy atom. The predicted octanol–water partition coefficient (Wildman–Crippen LogP) is 5.73. The molecule has 4 bridgehead atoms. The molecule has 0 heterocycles. The summed E-state index contributed by atoms with van der Waals surface area (Å²) in [5.74, 6) is 9.75. The Morgan fingerprint density at radius 3 is 2.06 bits per heavy atom. The van der Waals surface area contributed by atoms with Crippen LogP contribution in [0.2, 0.25) is 0 Å². The molecule has 4 aliphatic carbocycles. The van der Waals surface area contributed by atoms with Gasteiger partial charge >= 0.3 is 11.9 Å². The summed E-state index contributed by atoms with van der Waals surface area (Å²) in [5, 5.41) is 18.5. The Labute approximate surface area is 200 Å². The molecule has 2 unspecified atom stereocenters. The number of aromatic carboxylic acids is 2. The van der Waals surface area contributed by atoms with Crippen LogP contribution in [-0.2, 0) is 5.41 Å². The zero-order valence-corrected chi connectivity index (χ0v) is 19.6. The molecule has 2 atom stereocenters. The van der Waals surface area contributed by atoms with Gasteiger partial charge in [-0.15, -0.1) is 0 Å². The lowest BCUT2D eigenvalue weighted by Gasteiger charge is -2.65. The molecule has 2 N–H and O–H groups in total. The van der Waals surface area contributed by atoms with Gasteiger partial charge in [0.1, 0.15) is 0 Å². The number of benzene rings is 2. The molecule has 4 aliphatic rings. The van der Waals surface area contributed by atoms with Crippen molar-refractivity contribution in [2.45, 2.75) is 57.8 Å². The summed E-state index contributed by atoms with van der Waals surface area (Å²) < 4.78 is 0. The van der Waals surface area contributed by atoms with Crippen molar-refractivity contribution in [2.24, 2.45) is 16.7 Å². The summed E-state index contributed by atoms with van der Waals surface area (Å²) in [7, 11) is 0. The van der Waals surface area contributed by atoms with Crippen LogP contribution >= 0.6 is 0 Å². The summed E-state index contributed by atoms with van der Waals surface area (Å²) in [6.45, 7) is 4.98. The molecule has 2 aromatic rings. The van der Waals surface area contributed by atoms with Crippen LogP contribution in [0.5, 0.6) is 0 Å². The van der Waals surface area contributed by atoms with E-state index in [2.05, 4.69) is 61.8 Å².